The van der Waals surface area contributed by atoms with Crippen molar-refractivity contribution in [2.24, 2.45) is 0 Å². The molecule has 0 aliphatic heterocycles. The minimum Gasteiger partial charge on any atom is -0.322 e. The van der Waals surface area contributed by atoms with Crippen LogP contribution in [0.15, 0.2) is 42.5 Å². The van der Waals surface area contributed by atoms with Gasteiger partial charge in [-0.1, -0.05) is 31.2 Å². The predicted molar refractivity (Wildman–Crippen MR) is 81.6 cm³/mol. The summed E-state index contributed by atoms with van der Waals surface area (Å²) in [6.07, 6.45) is 0.796. The van der Waals surface area contributed by atoms with Crippen LogP contribution in [0, 0.1) is 17.0 Å². The third-order valence-electron chi connectivity index (χ3n) is 3.39. The maximum absolute atomic E-state index is 12.3. The van der Waals surface area contributed by atoms with Crippen LogP contribution in [0.1, 0.15) is 28.4 Å². The second-order valence-corrected chi connectivity index (χ2v) is 4.67. The first-order chi connectivity index (χ1) is 10.0. The van der Waals surface area contributed by atoms with E-state index >= 15 is 0 Å². The van der Waals surface area contributed by atoms with Gasteiger partial charge in [-0.2, -0.15) is 0 Å². The minimum absolute atomic E-state index is 0.0496. The standard InChI is InChI=1S/C16H16N2O3/c1-3-12-7-4-5-9-14(12)17-16(19)13-8-6-10-15(11(13)2)18(20)21/h4-10H,3H2,1-2H3,(H,17,19). The average molecular weight is 284 g/mol. The zero-order chi connectivity index (χ0) is 15.4. The molecule has 0 spiro atoms. The lowest BCUT2D eigenvalue weighted by molar-refractivity contribution is -0.385. The van der Waals surface area contributed by atoms with Gasteiger partial charge in [0.2, 0.25) is 0 Å². The van der Waals surface area contributed by atoms with E-state index in [1.165, 1.54) is 12.1 Å². The molecule has 0 unspecified atom stereocenters. The topological polar surface area (TPSA) is 72.2 Å². The number of carbonyl (C=O) groups is 1. The molecule has 108 valence electrons. The van der Waals surface area contributed by atoms with E-state index in [9.17, 15) is 14.9 Å². The third kappa shape index (κ3) is 3.08. The van der Waals surface area contributed by atoms with Gasteiger partial charge < -0.3 is 5.32 Å². The molecule has 5 nitrogen and oxygen atoms in total. The minimum atomic E-state index is -0.480. The van der Waals surface area contributed by atoms with E-state index in [1.54, 1.807) is 13.0 Å². The van der Waals surface area contributed by atoms with Crippen molar-refractivity contribution in [1.29, 1.82) is 0 Å². The summed E-state index contributed by atoms with van der Waals surface area (Å²) >= 11 is 0. The maximum Gasteiger partial charge on any atom is 0.273 e. The third-order valence-corrected chi connectivity index (χ3v) is 3.39. The number of amides is 1. The fourth-order valence-corrected chi connectivity index (χ4v) is 2.21. The summed E-state index contributed by atoms with van der Waals surface area (Å²) in [5.41, 5.74) is 2.39. The number of nitrogens with one attached hydrogen (secondary N) is 1. The molecule has 0 heterocycles. The Morgan fingerprint density at radius 2 is 1.90 bits per heavy atom. The first kappa shape index (κ1) is 14.7. The lowest BCUT2D eigenvalue weighted by atomic mass is 10.1. The fraction of sp³-hybridized carbons (Fsp3) is 0.188. The first-order valence-corrected chi connectivity index (χ1v) is 6.67. The van der Waals surface area contributed by atoms with Gasteiger partial charge in [-0.05, 0) is 31.0 Å². The van der Waals surface area contributed by atoms with Gasteiger partial charge in [-0.25, -0.2) is 0 Å². The number of hydrogen-bond donors (Lipinski definition) is 1. The molecule has 21 heavy (non-hydrogen) atoms. The molecule has 0 saturated heterocycles. The van der Waals surface area contributed by atoms with Crippen LogP contribution in [0.5, 0.6) is 0 Å². The number of anilines is 1. The normalized spacial score (nSPS) is 10.2. The van der Waals surface area contributed by atoms with E-state index < -0.39 is 4.92 Å². The van der Waals surface area contributed by atoms with Crippen molar-refractivity contribution in [2.75, 3.05) is 5.32 Å². The summed E-state index contributed by atoms with van der Waals surface area (Å²) in [5, 5.41) is 13.8. The van der Waals surface area contributed by atoms with Crippen molar-refractivity contribution in [2.45, 2.75) is 20.3 Å². The smallest absolute Gasteiger partial charge is 0.273 e. The van der Waals surface area contributed by atoms with Gasteiger partial charge in [-0.15, -0.1) is 0 Å². The molecule has 2 rings (SSSR count). The van der Waals surface area contributed by atoms with Crippen LogP contribution >= 0.6 is 0 Å². The highest BCUT2D eigenvalue weighted by atomic mass is 16.6. The van der Waals surface area contributed by atoms with Gasteiger partial charge in [0, 0.05) is 22.9 Å². The Morgan fingerprint density at radius 1 is 1.19 bits per heavy atom. The van der Waals surface area contributed by atoms with Crippen molar-refractivity contribution >= 4 is 17.3 Å². The summed E-state index contributed by atoms with van der Waals surface area (Å²) in [4.78, 5) is 22.8. The number of nitrogens with zero attached hydrogens (tertiary/aromatic N) is 1. The highest BCUT2D eigenvalue weighted by Crippen LogP contribution is 2.23. The summed E-state index contributed by atoms with van der Waals surface area (Å²) in [7, 11) is 0. The van der Waals surface area contributed by atoms with Crippen LogP contribution in [0.3, 0.4) is 0 Å². The molecule has 1 amide bonds. The van der Waals surface area contributed by atoms with Crippen LogP contribution in [0.25, 0.3) is 0 Å². The molecule has 0 aliphatic carbocycles. The Hall–Kier alpha value is -2.69. The Morgan fingerprint density at radius 3 is 2.57 bits per heavy atom. The molecule has 2 aromatic rings. The van der Waals surface area contributed by atoms with E-state index in [0.717, 1.165) is 17.7 Å². The molecule has 2 aromatic carbocycles. The summed E-state index contributed by atoms with van der Waals surface area (Å²) < 4.78 is 0. The molecule has 0 aromatic heterocycles. The van der Waals surface area contributed by atoms with E-state index in [-0.39, 0.29) is 11.6 Å². The van der Waals surface area contributed by atoms with E-state index in [1.807, 2.05) is 31.2 Å². The van der Waals surface area contributed by atoms with Gasteiger partial charge in [0.05, 0.1) is 4.92 Å². The summed E-state index contributed by atoms with van der Waals surface area (Å²) in [6, 6.07) is 12.0. The van der Waals surface area contributed by atoms with Crippen molar-refractivity contribution < 1.29 is 9.72 Å². The second-order valence-electron chi connectivity index (χ2n) is 4.67. The lowest BCUT2D eigenvalue weighted by Crippen LogP contribution is -2.15. The molecule has 0 radical (unpaired) electrons. The number of aryl methyl sites for hydroxylation is 1. The van der Waals surface area contributed by atoms with Gasteiger partial charge >= 0.3 is 0 Å². The number of benzene rings is 2. The van der Waals surface area contributed by atoms with E-state index in [2.05, 4.69) is 5.32 Å². The molecule has 0 aliphatic rings. The highest BCUT2D eigenvalue weighted by molar-refractivity contribution is 6.06. The molecular weight excluding hydrogens is 268 g/mol. The first-order valence-electron chi connectivity index (χ1n) is 6.67. The highest BCUT2D eigenvalue weighted by Gasteiger charge is 2.18. The molecule has 1 N–H and O–H groups in total. The molecule has 0 bridgehead atoms. The molecule has 0 atom stereocenters. The van der Waals surface area contributed by atoms with Crippen LogP contribution in [0.2, 0.25) is 0 Å². The van der Waals surface area contributed by atoms with Crippen molar-refractivity contribution in [3.63, 3.8) is 0 Å². The Kier molecular flexibility index (Phi) is 4.33. The number of nitro groups is 1. The van der Waals surface area contributed by atoms with Crippen molar-refractivity contribution in [1.82, 2.24) is 0 Å². The Labute approximate surface area is 122 Å². The average Bonchev–Trinajstić information content (AvgIpc) is 2.47. The Bertz CT molecular complexity index is 696. The van der Waals surface area contributed by atoms with Crippen molar-refractivity contribution in [3.8, 4) is 0 Å². The summed E-state index contributed by atoms with van der Waals surface area (Å²) in [5.74, 6) is -0.336. The van der Waals surface area contributed by atoms with Gasteiger partial charge in [0.25, 0.3) is 11.6 Å². The Balaban J connectivity index is 2.33. The molecule has 0 fully saturated rings. The fourth-order valence-electron chi connectivity index (χ4n) is 2.21. The maximum atomic E-state index is 12.3. The zero-order valence-electron chi connectivity index (χ0n) is 11.9. The molecule has 5 heteroatoms. The number of carbonyl (C=O) groups excluding carboxylic acids is 1. The zero-order valence-corrected chi connectivity index (χ0v) is 11.9. The van der Waals surface area contributed by atoms with Gasteiger partial charge in [0.15, 0.2) is 0 Å². The number of hydrogen-bond acceptors (Lipinski definition) is 3. The lowest BCUT2D eigenvalue weighted by Gasteiger charge is -2.11. The number of rotatable bonds is 4. The van der Waals surface area contributed by atoms with Crippen LogP contribution < -0.4 is 5.32 Å². The van der Waals surface area contributed by atoms with Crippen LogP contribution in [-0.4, -0.2) is 10.8 Å². The number of nitro benzene ring substituents is 1. The molecular formula is C16H16N2O3. The molecule has 0 saturated carbocycles. The largest absolute Gasteiger partial charge is 0.322 e. The predicted octanol–water partition coefficient (Wildman–Crippen LogP) is 3.72. The van der Waals surface area contributed by atoms with Crippen LogP contribution in [-0.2, 0) is 6.42 Å². The monoisotopic (exact) mass is 284 g/mol. The summed E-state index contributed by atoms with van der Waals surface area (Å²) in [6.45, 7) is 3.59. The quantitative estimate of drug-likeness (QED) is 0.687. The van der Waals surface area contributed by atoms with Gasteiger partial charge in [-0.3, -0.25) is 14.9 Å². The van der Waals surface area contributed by atoms with E-state index in [0.29, 0.717) is 11.1 Å². The second kappa shape index (κ2) is 6.17. The van der Waals surface area contributed by atoms with Crippen LogP contribution in [0.4, 0.5) is 11.4 Å². The SMILES string of the molecule is CCc1ccccc1NC(=O)c1cccc([N+](=O)[O-])c1C. The van der Waals surface area contributed by atoms with Crippen molar-refractivity contribution in [3.05, 3.63) is 69.3 Å². The number of para-hydroxylation sites is 1. The van der Waals surface area contributed by atoms with Gasteiger partial charge in [0.1, 0.15) is 0 Å². The van der Waals surface area contributed by atoms with E-state index in [4.69, 9.17) is 0 Å².